The standard InChI is InChI=1S/C26H29NO4/c1-3-31-24-16-19(13-14-23(24)30-2)25(27-15-7-10-20(17-27)26(28)29)22-12-6-9-18-8-4-5-11-21(18)22/h4-6,8-9,11-14,16,20,25H,3,7,10,15,17H2,1-2H3,(H,28,29). The van der Waals surface area contributed by atoms with Gasteiger partial charge in [0.2, 0.25) is 0 Å². The van der Waals surface area contributed by atoms with Crippen LogP contribution in [0.2, 0.25) is 0 Å². The van der Waals surface area contributed by atoms with Gasteiger partial charge in [0.05, 0.1) is 25.7 Å². The third-order valence-corrected chi connectivity index (χ3v) is 6.09. The molecule has 0 radical (unpaired) electrons. The minimum Gasteiger partial charge on any atom is -0.493 e. The van der Waals surface area contributed by atoms with Gasteiger partial charge in [-0.15, -0.1) is 0 Å². The van der Waals surface area contributed by atoms with Gasteiger partial charge in [0, 0.05) is 6.54 Å². The first kappa shape index (κ1) is 21.2. The quantitative estimate of drug-likeness (QED) is 0.575. The molecule has 5 nitrogen and oxygen atoms in total. The van der Waals surface area contributed by atoms with Crippen molar-refractivity contribution in [2.45, 2.75) is 25.8 Å². The molecule has 0 aliphatic carbocycles. The van der Waals surface area contributed by atoms with Crippen LogP contribution in [0.5, 0.6) is 11.5 Å². The molecule has 0 bridgehead atoms. The predicted molar refractivity (Wildman–Crippen MR) is 122 cm³/mol. The third kappa shape index (κ3) is 4.37. The van der Waals surface area contributed by atoms with Crippen molar-refractivity contribution in [3.05, 3.63) is 71.8 Å². The molecule has 3 aromatic rings. The first-order valence-corrected chi connectivity index (χ1v) is 10.9. The van der Waals surface area contributed by atoms with E-state index in [4.69, 9.17) is 9.47 Å². The van der Waals surface area contributed by atoms with E-state index in [1.54, 1.807) is 7.11 Å². The van der Waals surface area contributed by atoms with E-state index in [0.29, 0.717) is 24.7 Å². The number of piperidine rings is 1. The Morgan fingerprint density at radius 1 is 1.13 bits per heavy atom. The average molecular weight is 420 g/mol. The molecular formula is C26H29NO4. The number of rotatable bonds is 7. The SMILES string of the molecule is CCOc1cc(C(c2cccc3ccccc23)N2CCCC(C(=O)O)C2)ccc1OC. The molecule has 162 valence electrons. The summed E-state index contributed by atoms with van der Waals surface area (Å²) in [4.78, 5) is 14.1. The zero-order chi connectivity index (χ0) is 21.8. The van der Waals surface area contributed by atoms with Crippen molar-refractivity contribution in [2.24, 2.45) is 5.92 Å². The number of fused-ring (bicyclic) bond motifs is 1. The highest BCUT2D eigenvalue weighted by Crippen LogP contribution is 2.39. The van der Waals surface area contributed by atoms with E-state index in [9.17, 15) is 9.90 Å². The minimum absolute atomic E-state index is 0.0710. The monoisotopic (exact) mass is 419 g/mol. The van der Waals surface area contributed by atoms with E-state index in [2.05, 4.69) is 47.4 Å². The first-order chi connectivity index (χ1) is 15.1. The Balaban J connectivity index is 1.85. The Labute approximate surface area is 183 Å². The highest BCUT2D eigenvalue weighted by atomic mass is 16.5. The number of carbonyl (C=O) groups is 1. The summed E-state index contributed by atoms with van der Waals surface area (Å²) in [7, 11) is 1.64. The van der Waals surface area contributed by atoms with Crippen molar-refractivity contribution in [1.82, 2.24) is 4.90 Å². The second-order valence-corrected chi connectivity index (χ2v) is 7.99. The van der Waals surface area contributed by atoms with Crippen LogP contribution in [0.15, 0.2) is 60.7 Å². The fraction of sp³-hybridized carbons (Fsp3) is 0.346. The normalized spacial score (nSPS) is 17.9. The zero-order valence-corrected chi connectivity index (χ0v) is 18.1. The van der Waals surface area contributed by atoms with Gasteiger partial charge < -0.3 is 14.6 Å². The van der Waals surface area contributed by atoms with E-state index in [-0.39, 0.29) is 12.0 Å². The van der Waals surface area contributed by atoms with Crippen molar-refractivity contribution >= 4 is 16.7 Å². The number of aliphatic carboxylic acids is 1. The molecule has 4 rings (SSSR count). The molecule has 2 atom stereocenters. The lowest BCUT2D eigenvalue weighted by Crippen LogP contribution is -2.41. The van der Waals surface area contributed by atoms with Crippen molar-refractivity contribution in [3.8, 4) is 11.5 Å². The fourth-order valence-corrected chi connectivity index (χ4v) is 4.65. The van der Waals surface area contributed by atoms with E-state index >= 15 is 0 Å². The molecule has 0 spiro atoms. The van der Waals surface area contributed by atoms with Crippen LogP contribution >= 0.6 is 0 Å². The van der Waals surface area contributed by atoms with Crippen LogP contribution in [-0.2, 0) is 4.79 Å². The van der Waals surface area contributed by atoms with Crippen LogP contribution in [0.3, 0.4) is 0 Å². The van der Waals surface area contributed by atoms with Crippen molar-refractivity contribution in [3.63, 3.8) is 0 Å². The summed E-state index contributed by atoms with van der Waals surface area (Å²) >= 11 is 0. The van der Waals surface area contributed by atoms with Gasteiger partial charge in [-0.05, 0) is 60.3 Å². The Hall–Kier alpha value is -3.05. The van der Waals surface area contributed by atoms with Gasteiger partial charge in [-0.3, -0.25) is 9.69 Å². The second kappa shape index (κ2) is 9.40. The van der Waals surface area contributed by atoms with Gasteiger partial charge in [-0.25, -0.2) is 0 Å². The number of benzene rings is 3. The maximum atomic E-state index is 11.8. The van der Waals surface area contributed by atoms with E-state index in [0.717, 1.165) is 24.9 Å². The summed E-state index contributed by atoms with van der Waals surface area (Å²) in [5.41, 5.74) is 2.25. The number of hydrogen-bond donors (Lipinski definition) is 1. The summed E-state index contributed by atoms with van der Waals surface area (Å²) in [6.45, 7) is 3.88. The van der Waals surface area contributed by atoms with Crippen LogP contribution in [-0.4, -0.2) is 42.8 Å². The molecule has 1 aliphatic heterocycles. The summed E-state index contributed by atoms with van der Waals surface area (Å²) in [5, 5.41) is 12.0. The molecule has 0 saturated carbocycles. The summed E-state index contributed by atoms with van der Waals surface area (Å²) in [5.74, 6) is 0.339. The Kier molecular flexibility index (Phi) is 6.42. The number of carboxylic acids is 1. The van der Waals surface area contributed by atoms with E-state index < -0.39 is 5.97 Å². The summed E-state index contributed by atoms with van der Waals surface area (Å²) in [6, 6.07) is 20.7. The zero-order valence-electron chi connectivity index (χ0n) is 18.1. The smallest absolute Gasteiger partial charge is 0.307 e. The maximum Gasteiger partial charge on any atom is 0.307 e. The molecule has 1 N–H and O–H groups in total. The third-order valence-electron chi connectivity index (χ3n) is 6.09. The van der Waals surface area contributed by atoms with Gasteiger partial charge in [-0.2, -0.15) is 0 Å². The number of ether oxygens (including phenoxy) is 2. The highest BCUT2D eigenvalue weighted by Gasteiger charge is 2.32. The molecule has 0 amide bonds. The minimum atomic E-state index is -0.717. The molecule has 2 unspecified atom stereocenters. The maximum absolute atomic E-state index is 11.8. The lowest BCUT2D eigenvalue weighted by atomic mass is 9.89. The Morgan fingerprint density at radius 3 is 2.71 bits per heavy atom. The largest absolute Gasteiger partial charge is 0.493 e. The van der Waals surface area contributed by atoms with Gasteiger partial charge in [0.25, 0.3) is 0 Å². The van der Waals surface area contributed by atoms with Crippen LogP contribution in [0, 0.1) is 5.92 Å². The van der Waals surface area contributed by atoms with Crippen LogP contribution in [0.25, 0.3) is 10.8 Å². The lowest BCUT2D eigenvalue weighted by Gasteiger charge is -2.38. The average Bonchev–Trinajstić information content (AvgIpc) is 2.80. The topological polar surface area (TPSA) is 59.0 Å². The molecule has 1 saturated heterocycles. The Morgan fingerprint density at radius 2 is 1.94 bits per heavy atom. The van der Waals surface area contributed by atoms with Gasteiger partial charge in [-0.1, -0.05) is 48.5 Å². The molecule has 1 heterocycles. The number of likely N-dealkylation sites (tertiary alicyclic amines) is 1. The van der Waals surface area contributed by atoms with Crippen LogP contribution < -0.4 is 9.47 Å². The highest BCUT2D eigenvalue weighted by molar-refractivity contribution is 5.86. The summed E-state index contributed by atoms with van der Waals surface area (Å²) in [6.07, 6.45) is 1.59. The number of hydrogen-bond acceptors (Lipinski definition) is 4. The predicted octanol–water partition coefficient (Wildman–Crippen LogP) is 5.13. The molecule has 3 aromatic carbocycles. The Bertz CT molecular complexity index is 1060. The molecule has 5 heteroatoms. The molecule has 1 aliphatic rings. The van der Waals surface area contributed by atoms with E-state index in [1.165, 1.54) is 16.3 Å². The number of methoxy groups -OCH3 is 1. The van der Waals surface area contributed by atoms with Crippen LogP contribution in [0.1, 0.15) is 36.9 Å². The fourth-order valence-electron chi connectivity index (χ4n) is 4.65. The molecule has 0 aromatic heterocycles. The molecule has 31 heavy (non-hydrogen) atoms. The summed E-state index contributed by atoms with van der Waals surface area (Å²) < 4.78 is 11.3. The second-order valence-electron chi connectivity index (χ2n) is 7.99. The lowest BCUT2D eigenvalue weighted by molar-refractivity contribution is -0.143. The molecule has 1 fully saturated rings. The van der Waals surface area contributed by atoms with Gasteiger partial charge in [0.1, 0.15) is 0 Å². The van der Waals surface area contributed by atoms with Gasteiger partial charge >= 0.3 is 5.97 Å². The van der Waals surface area contributed by atoms with Crippen molar-refractivity contribution in [1.29, 1.82) is 0 Å². The number of carboxylic acid groups (broad SMARTS) is 1. The number of nitrogens with zero attached hydrogens (tertiary/aromatic N) is 1. The molecular weight excluding hydrogens is 390 g/mol. The first-order valence-electron chi connectivity index (χ1n) is 10.9. The van der Waals surface area contributed by atoms with Crippen molar-refractivity contribution < 1.29 is 19.4 Å². The van der Waals surface area contributed by atoms with Gasteiger partial charge in [0.15, 0.2) is 11.5 Å². The van der Waals surface area contributed by atoms with E-state index in [1.807, 2.05) is 25.1 Å². The van der Waals surface area contributed by atoms with Crippen LogP contribution in [0.4, 0.5) is 0 Å². The van der Waals surface area contributed by atoms with Crippen molar-refractivity contribution in [2.75, 3.05) is 26.8 Å².